The van der Waals surface area contributed by atoms with Gasteiger partial charge in [0, 0.05) is 25.3 Å². The summed E-state index contributed by atoms with van der Waals surface area (Å²) in [5.74, 6) is 1.44. The Morgan fingerprint density at radius 2 is 1.80 bits per heavy atom. The zero-order valence-corrected chi connectivity index (χ0v) is 11.3. The van der Waals surface area contributed by atoms with Crippen LogP contribution in [0.2, 0.25) is 0 Å². The zero-order chi connectivity index (χ0) is 14.3. The standard InChI is InChI=1S/C15H19F3N2/c16-15(17,18)14-5-4-13(6-12(14)7-19)20-8-10-2-1-3-11(10)9-20/h4-6,10-11H,1-3,7-9,19H2. The third-order valence-corrected chi connectivity index (χ3v) is 4.71. The smallest absolute Gasteiger partial charge is 0.371 e. The predicted molar refractivity (Wildman–Crippen MR) is 72.4 cm³/mol. The quantitative estimate of drug-likeness (QED) is 0.902. The molecular formula is C15H19F3N2. The Hall–Kier alpha value is -1.23. The first-order chi connectivity index (χ1) is 9.49. The van der Waals surface area contributed by atoms with Gasteiger partial charge < -0.3 is 10.6 Å². The molecule has 110 valence electrons. The first-order valence-electron chi connectivity index (χ1n) is 7.14. The van der Waals surface area contributed by atoms with Crippen molar-refractivity contribution in [3.8, 4) is 0 Å². The van der Waals surface area contributed by atoms with Crippen molar-refractivity contribution >= 4 is 5.69 Å². The number of benzene rings is 1. The van der Waals surface area contributed by atoms with Gasteiger partial charge in [0.2, 0.25) is 0 Å². The Labute approximate surface area is 116 Å². The molecule has 0 bridgehead atoms. The largest absolute Gasteiger partial charge is 0.416 e. The monoisotopic (exact) mass is 284 g/mol. The molecular weight excluding hydrogens is 265 g/mol. The lowest BCUT2D eigenvalue weighted by molar-refractivity contribution is -0.138. The highest BCUT2D eigenvalue weighted by atomic mass is 19.4. The second kappa shape index (κ2) is 4.95. The molecule has 2 N–H and O–H groups in total. The molecule has 1 aliphatic heterocycles. The van der Waals surface area contributed by atoms with Gasteiger partial charge in [-0.25, -0.2) is 0 Å². The van der Waals surface area contributed by atoms with Crippen molar-refractivity contribution in [1.82, 2.24) is 0 Å². The van der Waals surface area contributed by atoms with E-state index in [1.807, 2.05) is 0 Å². The van der Waals surface area contributed by atoms with Crippen LogP contribution in [-0.2, 0) is 12.7 Å². The molecule has 2 fully saturated rings. The summed E-state index contributed by atoms with van der Waals surface area (Å²) in [5.41, 5.74) is 5.95. The van der Waals surface area contributed by atoms with Gasteiger partial charge in [0.05, 0.1) is 5.56 Å². The summed E-state index contributed by atoms with van der Waals surface area (Å²) in [5, 5.41) is 0. The topological polar surface area (TPSA) is 29.3 Å². The van der Waals surface area contributed by atoms with Crippen LogP contribution in [0.5, 0.6) is 0 Å². The number of halogens is 3. The van der Waals surface area contributed by atoms with E-state index in [4.69, 9.17) is 5.73 Å². The van der Waals surface area contributed by atoms with Gasteiger partial charge in [0.1, 0.15) is 0 Å². The van der Waals surface area contributed by atoms with Gasteiger partial charge in [-0.1, -0.05) is 6.42 Å². The molecule has 5 heteroatoms. The molecule has 20 heavy (non-hydrogen) atoms. The van der Waals surface area contributed by atoms with Crippen LogP contribution >= 0.6 is 0 Å². The molecule has 2 atom stereocenters. The number of fused-ring (bicyclic) bond motifs is 1. The molecule has 2 unspecified atom stereocenters. The fourth-order valence-corrected chi connectivity index (χ4v) is 3.67. The van der Waals surface area contributed by atoms with Crippen molar-refractivity contribution < 1.29 is 13.2 Å². The molecule has 1 saturated heterocycles. The third-order valence-electron chi connectivity index (χ3n) is 4.71. The molecule has 3 rings (SSSR count). The Morgan fingerprint density at radius 3 is 2.35 bits per heavy atom. The van der Waals surface area contributed by atoms with E-state index in [9.17, 15) is 13.2 Å². The maximum atomic E-state index is 12.9. The molecule has 2 aliphatic rings. The van der Waals surface area contributed by atoms with E-state index in [-0.39, 0.29) is 12.1 Å². The fourth-order valence-electron chi connectivity index (χ4n) is 3.67. The molecule has 0 spiro atoms. The Kier molecular flexibility index (Phi) is 3.40. The fraction of sp³-hybridized carbons (Fsp3) is 0.600. The van der Waals surface area contributed by atoms with Gasteiger partial charge in [-0.05, 0) is 48.4 Å². The van der Waals surface area contributed by atoms with Gasteiger partial charge in [0.25, 0.3) is 0 Å². The molecule has 0 amide bonds. The van der Waals surface area contributed by atoms with Crippen LogP contribution in [0, 0.1) is 11.8 Å². The van der Waals surface area contributed by atoms with Crippen molar-refractivity contribution in [3.63, 3.8) is 0 Å². The minimum absolute atomic E-state index is 0.0800. The molecule has 0 radical (unpaired) electrons. The maximum Gasteiger partial charge on any atom is 0.416 e. The van der Waals surface area contributed by atoms with E-state index in [1.165, 1.54) is 25.3 Å². The first kappa shape index (κ1) is 13.7. The second-order valence-corrected chi connectivity index (χ2v) is 5.90. The highest BCUT2D eigenvalue weighted by Gasteiger charge is 2.37. The van der Waals surface area contributed by atoms with Gasteiger partial charge in [-0.15, -0.1) is 0 Å². The number of alkyl halides is 3. The molecule has 1 saturated carbocycles. The lowest BCUT2D eigenvalue weighted by Gasteiger charge is -2.22. The molecule has 1 aliphatic carbocycles. The van der Waals surface area contributed by atoms with E-state index in [0.717, 1.165) is 30.6 Å². The average Bonchev–Trinajstić information content (AvgIpc) is 2.97. The minimum atomic E-state index is -4.32. The summed E-state index contributed by atoms with van der Waals surface area (Å²) in [6.07, 6.45) is -0.518. The summed E-state index contributed by atoms with van der Waals surface area (Å²) in [4.78, 5) is 2.22. The van der Waals surface area contributed by atoms with E-state index in [1.54, 1.807) is 12.1 Å². The number of hydrogen-bond donors (Lipinski definition) is 1. The van der Waals surface area contributed by atoms with Crippen molar-refractivity contribution in [2.45, 2.75) is 32.0 Å². The SMILES string of the molecule is NCc1cc(N2CC3CCCC3C2)ccc1C(F)(F)F. The van der Waals surface area contributed by atoms with Crippen LogP contribution in [0.25, 0.3) is 0 Å². The van der Waals surface area contributed by atoms with Crippen LogP contribution in [0.3, 0.4) is 0 Å². The van der Waals surface area contributed by atoms with Gasteiger partial charge in [0.15, 0.2) is 0 Å². The minimum Gasteiger partial charge on any atom is -0.371 e. The van der Waals surface area contributed by atoms with Gasteiger partial charge in [-0.2, -0.15) is 13.2 Å². The molecule has 1 aromatic carbocycles. The van der Waals surface area contributed by atoms with E-state index < -0.39 is 11.7 Å². The van der Waals surface area contributed by atoms with Crippen LogP contribution in [-0.4, -0.2) is 13.1 Å². The van der Waals surface area contributed by atoms with Crippen LogP contribution < -0.4 is 10.6 Å². The highest BCUT2D eigenvalue weighted by Crippen LogP contribution is 2.40. The number of hydrogen-bond acceptors (Lipinski definition) is 2. The summed E-state index contributed by atoms with van der Waals surface area (Å²) in [7, 11) is 0. The lowest BCUT2D eigenvalue weighted by Crippen LogP contribution is -2.22. The normalized spacial score (nSPS) is 26.1. The molecule has 1 heterocycles. The number of anilines is 1. The van der Waals surface area contributed by atoms with E-state index >= 15 is 0 Å². The summed E-state index contributed by atoms with van der Waals surface area (Å²) in [6, 6.07) is 4.37. The number of rotatable bonds is 2. The van der Waals surface area contributed by atoms with Crippen LogP contribution in [0.4, 0.5) is 18.9 Å². The average molecular weight is 284 g/mol. The Balaban J connectivity index is 1.85. The molecule has 0 aromatic heterocycles. The third kappa shape index (κ3) is 2.39. The van der Waals surface area contributed by atoms with Crippen molar-refractivity contribution in [2.24, 2.45) is 17.6 Å². The maximum absolute atomic E-state index is 12.9. The van der Waals surface area contributed by atoms with Crippen molar-refractivity contribution in [3.05, 3.63) is 29.3 Å². The second-order valence-electron chi connectivity index (χ2n) is 5.90. The number of nitrogens with zero attached hydrogens (tertiary/aromatic N) is 1. The number of nitrogens with two attached hydrogens (primary N) is 1. The van der Waals surface area contributed by atoms with Crippen molar-refractivity contribution in [2.75, 3.05) is 18.0 Å². The molecule has 1 aromatic rings. The van der Waals surface area contributed by atoms with Crippen molar-refractivity contribution in [1.29, 1.82) is 0 Å². The first-order valence-corrected chi connectivity index (χ1v) is 7.14. The summed E-state index contributed by atoms with van der Waals surface area (Å²) >= 11 is 0. The van der Waals surface area contributed by atoms with E-state index in [2.05, 4.69) is 4.90 Å². The van der Waals surface area contributed by atoms with Gasteiger partial charge >= 0.3 is 6.18 Å². The highest BCUT2D eigenvalue weighted by molar-refractivity contribution is 5.52. The predicted octanol–water partition coefficient (Wildman–Crippen LogP) is 3.40. The van der Waals surface area contributed by atoms with Crippen LogP contribution in [0.15, 0.2) is 18.2 Å². The molecule has 2 nitrogen and oxygen atoms in total. The summed E-state index contributed by atoms with van der Waals surface area (Å²) in [6.45, 7) is 1.86. The Morgan fingerprint density at radius 1 is 1.15 bits per heavy atom. The zero-order valence-electron chi connectivity index (χ0n) is 11.3. The summed E-state index contributed by atoms with van der Waals surface area (Å²) < 4.78 is 38.6. The Bertz CT molecular complexity index is 486. The lowest BCUT2D eigenvalue weighted by atomic mass is 10.0. The van der Waals surface area contributed by atoms with Crippen LogP contribution in [0.1, 0.15) is 30.4 Å². The van der Waals surface area contributed by atoms with E-state index in [0.29, 0.717) is 0 Å². The van der Waals surface area contributed by atoms with Gasteiger partial charge in [-0.3, -0.25) is 0 Å².